The first-order chi connectivity index (χ1) is 4.52. The zero-order chi connectivity index (χ0) is 7.78. The Labute approximate surface area is 54.8 Å². The zero-order valence-electron chi connectivity index (χ0n) is 4.87. The van der Waals surface area contributed by atoms with Crippen LogP contribution in [0, 0.1) is 0 Å². The van der Waals surface area contributed by atoms with Gasteiger partial charge in [-0.25, -0.2) is 0 Å². The van der Waals surface area contributed by atoms with Crippen LogP contribution in [-0.2, 0) is 6.18 Å². The van der Waals surface area contributed by atoms with E-state index in [1.54, 1.807) is 0 Å². The summed E-state index contributed by atoms with van der Waals surface area (Å²) in [5.74, 6) is 0. The second kappa shape index (κ2) is 1.93. The molecule has 0 spiro atoms. The monoisotopic (exact) mass is 150 g/mol. The fourth-order valence-electron chi connectivity index (χ4n) is 0.627. The molecule has 5 heteroatoms. The molecule has 1 aromatic rings. The third-order valence-electron chi connectivity index (χ3n) is 1.06. The number of anilines is 1. The van der Waals surface area contributed by atoms with Crippen molar-refractivity contribution in [1.29, 1.82) is 0 Å². The Morgan fingerprint density at radius 2 is 2.00 bits per heavy atom. The van der Waals surface area contributed by atoms with Gasteiger partial charge in [0.1, 0.15) is 5.69 Å². The van der Waals surface area contributed by atoms with E-state index in [0.29, 0.717) is 0 Å². The van der Waals surface area contributed by atoms with Gasteiger partial charge in [-0.05, 0) is 6.07 Å². The predicted molar refractivity (Wildman–Crippen MR) is 30.2 cm³/mol. The highest BCUT2D eigenvalue weighted by Gasteiger charge is 2.33. The van der Waals surface area contributed by atoms with E-state index in [1.807, 2.05) is 4.98 Å². The van der Waals surface area contributed by atoms with Crippen LogP contribution in [0.4, 0.5) is 18.9 Å². The van der Waals surface area contributed by atoms with E-state index in [9.17, 15) is 13.2 Å². The Kier molecular flexibility index (Phi) is 1.35. The summed E-state index contributed by atoms with van der Waals surface area (Å²) in [5, 5.41) is 0. The lowest BCUT2D eigenvalue weighted by atomic mass is 10.4. The summed E-state index contributed by atoms with van der Waals surface area (Å²) >= 11 is 0. The average Bonchev–Trinajstić information content (AvgIpc) is 2.11. The average molecular weight is 150 g/mol. The zero-order valence-corrected chi connectivity index (χ0v) is 4.87. The van der Waals surface area contributed by atoms with Crippen LogP contribution in [0.3, 0.4) is 0 Å². The second-order valence-electron chi connectivity index (χ2n) is 1.81. The molecule has 1 rings (SSSR count). The standard InChI is InChI=1S/C5H5F3N2/c6-5(7,8)4-3(9)1-2-10-4/h1-2,10H,9H2. The summed E-state index contributed by atoms with van der Waals surface area (Å²) < 4.78 is 35.3. The molecule has 1 aromatic heterocycles. The maximum Gasteiger partial charge on any atom is 0.433 e. The molecule has 2 nitrogen and oxygen atoms in total. The maximum absolute atomic E-state index is 11.8. The van der Waals surface area contributed by atoms with Gasteiger partial charge in [0, 0.05) is 6.20 Å². The van der Waals surface area contributed by atoms with Gasteiger partial charge >= 0.3 is 6.18 Å². The van der Waals surface area contributed by atoms with Crippen molar-refractivity contribution in [2.45, 2.75) is 6.18 Å². The van der Waals surface area contributed by atoms with Gasteiger partial charge in [0.25, 0.3) is 0 Å². The molecule has 56 valence electrons. The van der Waals surface area contributed by atoms with Gasteiger partial charge in [-0.3, -0.25) is 0 Å². The summed E-state index contributed by atoms with van der Waals surface area (Å²) in [4.78, 5) is 2.00. The Bertz CT molecular complexity index is 225. The molecule has 0 saturated heterocycles. The number of halogens is 3. The minimum absolute atomic E-state index is 0.271. The highest BCUT2D eigenvalue weighted by atomic mass is 19.4. The fourth-order valence-corrected chi connectivity index (χ4v) is 0.627. The number of hydrogen-bond donors (Lipinski definition) is 2. The molecule has 3 N–H and O–H groups in total. The first kappa shape index (κ1) is 6.98. The van der Waals surface area contributed by atoms with Crippen LogP contribution in [0.2, 0.25) is 0 Å². The Balaban J connectivity index is 3.05. The Morgan fingerprint density at radius 3 is 2.20 bits per heavy atom. The highest BCUT2D eigenvalue weighted by Crippen LogP contribution is 2.31. The molecular weight excluding hydrogens is 145 g/mol. The van der Waals surface area contributed by atoms with E-state index < -0.39 is 11.9 Å². The van der Waals surface area contributed by atoms with Gasteiger partial charge < -0.3 is 10.7 Å². The molecule has 0 aliphatic heterocycles. The first-order valence-electron chi connectivity index (χ1n) is 2.52. The van der Waals surface area contributed by atoms with Gasteiger partial charge in [0.15, 0.2) is 0 Å². The van der Waals surface area contributed by atoms with Crippen LogP contribution in [-0.4, -0.2) is 4.98 Å². The van der Waals surface area contributed by atoms with Crippen LogP contribution in [0.5, 0.6) is 0 Å². The van der Waals surface area contributed by atoms with Crippen molar-refractivity contribution in [1.82, 2.24) is 4.98 Å². The Morgan fingerprint density at radius 1 is 1.40 bits per heavy atom. The molecule has 0 radical (unpaired) electrons. The van der Waals surface area contributed by atoms with E-state index in [2.05, 4.69) is 0 Å². The van der Waals surface area contributed by atoms with E-state index in [-0.39, 0.29) is 5.69 Å². The lowest BCUT2D eigenvalue weighted by Gasteiger charge is -2.03. The molecule has 10 heavy (non-hydrogen) atoms. The maximum atomic E-state index is 11.8. The molecule has 0 amide bonds. The van der Waals surface area contributed by atoms with Crippen molar-refractivity contribution in [3.8, 4) is 0 Å². The summed E-state index contributed by atoms with van der Waals surface area (Å²) in [5.41, 5.74) is 3.82. The summed E-state index contributed by atoms with van der Waals surface area (Å²) in [7, 11) is 0. The van der Waals surface area contributed by atoms with Crippen molar-refractivity contribution in [2.24, 2.45) is 0 Å². The normalized spacial score (nSPS) is 11.9. The van der Waals surface area contributed by atoms with Crippen LogP contribution in [0.1, 0.15) is 5.69 Å². The van der Waals surface area contributed by atoms with Crippen LogP contribution in [0.15, 0.2) is 12.3 Å². The highest BCUT2D eigenvalue weighted by molar-refractivity contribution is 5.44. The van der Waals surface area contributed by atoms with Crippen LogP contribution >= 0.6 is 0 Å². The lowest BCUT2D eigenvalue weighted by molar-refractivity contribution is -0.140. The Hall–Kier alpha value is -1.13. The fraction of sp³-hybridized carbons (Fsp3) is 0.200. The number of nitrogen functional groups attached to an aromatic ring is 1. The van der Waals surface area contributed by atoms with Crippen molar-refractivity contribution in [2.75, 3.05) is 5.73 Å². The number of alkyl halides is 3. The van der Waals surface area contributed by atoms with Crippen molar-refractivity contribution < 1.29 is 13.2 Å². The number of H-pyrrole nitrogens is 1. The van der Waals surface area contributed by atoms with Gasteiger partial charge in [0.05, 0.1) is 5.69 Å². The topological polar surface area (TPSA) is 41.8 Å². The van der Waals surface area contributed by atoms with E-state index in [4.69, 9.17) is 5.73 Å². The number of nitrogens with one attached hydrogen (secondary N) is 1. The van der Waals surface area contributed by atoms with Gasteiger partial charge in [0.2, 0.25) is 0 Å². The number of rotatable bonds is 0. The quantitative estimate of drug-likeness (QED) is 0.579. The summed E-state index contributed by atoms with van der Waals surface area (Å²) in [6.07, 6.45) is -3.22. The minimum atomic E-state index is -4.37. The SMILES string of the molecule is Nc1cc[nH]c1C(F)(F)F. The van der Waals surface area contributed by atoms with Crippen molar-refractivity contribution in [3.63, 3.8) is 0 Å². The van der Waals surface area contributed by atoms with E-state index >= 15 is 0 Å². The molecule has 0 bridgehead atoms. The molecule has 1 heterocycles. The largest absolute Gasteiger partial charge is 0.433 e. The lowest BCUT2D eigenvalue weighted by Crippen LogP contribution is -2.07. The third-order valence-corrected chi connectivity index (χ3v) is 1.06. The van der Waals surface area contributed by atoms with Gasteiger partial charge in [-0.15, -0.1) is 0 Å². The molecular formula is C5H5F3N2. The van der Waals surface area contributed by atoms with Gasteiger partial charge in [-0.1, -0.05) is 0 Å². The molecule has 0 aliphatic carbocycles. The van der Waals surface area contributed by atoms with Crippen LogP contribution < -0.4 is 5.73 Å². The van der Waals surface area contributed by atoms with E-state index in [1.165, 1.54) is 6.07 Å². The van der Waals surface area contributed by atoms with Crippen LogP contribution in [0.25, 0.3) is 0 Å². The molecule has 0 saturated carbocycles. The molecule has 0 fully saturated rings. The number of aromatic nitrogens is 1. The molecule has 0 aromatic carbocycles. The molecule has 0 aliphatic rings. The molecule has 0 atom stereocenters. The van der Waals surface area contributed by atoms with Crippen molar-refractivity contribution >= 4 is 5.69 Å². The second-order valence-corrected chi connectivity index (χ2v) is 1.81. The minimum Gasteiger partial charge on any atom is -0.397 e. The summed E-state index contributed by atoms with van der Waals surface area (Å²) in [6, 6.07) is 1.17. The molecule has 0 unspecified atom stereocenters. The first-order valence-corrected chi connectivity index (χ1v) is 2.52. The van der Waals surface area contributed by atoms with Gasteiger partial charge in [-0.2, -0.15) is 13.2 Å². The number of nitrogens with two attached hydrogens (primary N) is 1. The number of hydrogen-bond acceptors (Lipinski definition) is 1. The third kappa shape index (κ3) is 1.07. The summed E-state index contributed by atoms with van der Waals surface area (Å²) in [6.45, 7) is 0. The predicted octanol–water partition coefficient (Wildman–Crippen LogP) is 1.62. The van der Waals surface area contributed by atoms with E-state index in [0.717, 1.165) is 6.20 Å². The number of aromatic amines is 1. The van der Waals surface area contributed by atoms with Crippen molar-refractivity contribution in [3.05, 3.63) is 18.0 Å². The smallest absolute Gasteiger partial charge is 0.397 e.